The van der Waals surface area contributed by atoms with Crippen LogP contribution < -0.4 is 10.2 Å². The van der Waals surface area contributed by atoms with Crippen LogP contribution in [0.1, 0.15) is 25.0 Å². The molecular formula is C45H34N2O. The molecule has 0 bridgehead atoms. The van der Waals surface area contributed by atoms with Gasteiger partial charge in [-0.05, 0) is 82.4 Å². The van der Waals surface area contributed by atoms with E-state index in [4.69, 9.17) is 4.42 Å². The van der Waals surface area contributed by atoms with E-state index in [9.17, 15) is 0 Å². The normalized spacial score (nSPS) is 13.3. The van der Waals surface area contributed by atoms with Crippen LogP contribution >= 0.6 is 0 Å². The van der Waals surface area contributed by atoms with E-state index in [2.05, 4.69) is 176 Å². The Hall–Kier alpha value is -6.06. The summed E-state index contributed by atoms with van der Waals surface area (Å²) in [4.78, 5) is 2.40. The van der Waals surface area contributed by atoms with Gasteiger partial charge in [-0.3, -0.25) is 0 Å². The van der Waals surface area contributed by atoms with Crippen LogP contribution in [0.3, 0.4) is 0 Å². The third-order valence-corrected chi connectivity index (χ3v) is 9.84. The minimum absolute atomic E-state index is 0.225. The molecule has 1 aromatic heterocycles. The summed E-state index contributed by atoms with van der Waals surface area (Å²) < 4.78 is 6.57. The van der Waals surface area contributed by atoms with E-state index in [-0.39, 0.29) is 5.41 Å². The van der Waals surface area contributed by atoms with Crippen molar-refractivity contribution in [3.63, 3.8) is 0 Å². The first kappa shape index (κ1) is 28.2. The van der Waals surface area contributed by atoms with Crippen molar-refractivity contribution in [2.45, 2.75) is 19.3 Å². The van der Waals surface area contributed by atoms with Crippen molar-refractivity contribution in [2.75, 3.05) is 10.2 Å². The van der Waals surface area contributed by atoms with Gasteiger partial charge in [-0.1, -0.05) is 123 Å². The molecule has 3 nitrogen and oxygen atoms in total. The fraction of sp³-hybridized carbons (Fsp3) is 0.0667. The molecule has 0 fully saturated rings. The lowest BCUT2D eigenvalue weighted by Crippen LogP contribution is -2.30. The van der Waals surface area contributed by atoms with Crippen LogP contribution in [-0.2, 0) is 5.41 Å². The summed E-state index contributed by atoms with van der Waals surface area (Å²) in [5.41, 5.74) is 14.4. The largest absolute Gasteiger partial charge is 0.454 e. The molecule has 48 heavy (non-hydrogen) atoms. The van der Waals surface area contributed by atoms with Gasteiger partial charge in [0.15, 0.2) is 5.58 Å². The Morgan fingerprint density at radius 1 is 0.500 bits per heavy atom. The first-order chi connectivity index (χ1) is 23.6. The first-order valence-electron chi connectivity index (χ1n) is 16.5. The smallest absolute Gasteiger partial charge is 0.159 e. The molecule has 1 aliphatic rings. The van der Waals surface area contributed by atoms with Gasteiger partial charge in [-0.15, -0.1) is 0 Å². The highest BCUT2D eigenvalue weighted by molar-refractivity contribution is 6.10. The molecule has 2 heterocycles. The Morgan fingerprint density at radius 3 is 2.00 bits per heavy atom. The number of benzene rings is 7. The second kappa shape index (κ2) is 11.0. The summed E-state index contributed by atoms with van der Waals surface area (Å²) in [5, 5.41) is 5.92. The van der Waals surface area contributed by atoms with Crippen molar-refractivity contribution in [1.82, 2.24) is 0 Å². The van der Waals surface area contributed by atoms with Crippen molar-refractivity contribution < 1.29 is 4.42 Å². The predicted molar refractivity (Wildman–Crippen MR) is 201 cm³/mol. The first-order valence-corrected chi connectivity index (χ1v) is 16.5. The number of rotatable bonds is 5. The zero-order chi connectivity index (χ0) is 32.2. The number of nitrogens with zero attached hydrogens (tertiary/aromatic N) is 1. The summed E-state index contributed by atoms with van der Waals surface area (Å²) in [7, 11) is 0. The van der Waals surface area contributed by atoms with E-state index in [1.165, 1.54) is 39.2 Å². The van der Waals surface area contributed by atoms with Crippen LogP contribution in [-0.4, -0.2) is 0 Å². The number of para-hydroxylation sites is 4. The van der Waals surface area contributed by atoms with Gasteiger partial charge in [-0.25, -0.2) is 0 Å². The Labute approximate surface area is 280 Å². The van der Waals surface area contributed by atoms with E-state index < -0.39 is 0 Å². The quantitative estimate of drug-likeness (QED) is 0.208. The molecule has 0 aliphatic carbocycles. The van der Waals surface area contributed by atoms with Crippen molar-refractivity contribution >= 4 is 50.4 Å². The Balaban J connectivity index is 1.22. The number of hydrogen-bond acceptors (Lipinski definition) is 3. The summed E-state index contributed by atoms with van der Waals surface area (Å²) in [6.45, 7) is 4.69. The van der Waals surface area contributed by atoms with E-state index in [0.29, 0.717) is 0 Å². The standard InChI is InChI=1S/C45H34N2O/c1-45(2)37-20-10-11-21-40(37)47(42-22-13-19-35-34-18-9-12-23-43(34)48-44(35)42)41-27-25-32(29-38(41)45)31-24-26-39(46-33-16-7-4-8-17-33)36(28-31)30-14-5-3-6-15-30/h3-29,46H,1-2H3. The van der Waals surface area contributed by atoms with Crippen molar-refractivity contribution in [3.8, 4) is 22.3 Å². The molecular weight excluding hydrogens is 585 g/mol. The molecule has 3 heteroatoms. The number of anilines is 5. The average Bonchev–Trinajstić information content (AvgIpc) is 3.52. The SMILES string of the molecule is CC1(C)c2ccccc2N(c2cccc3c2oc2ccccc23)c2ccc(-c3ccc(Nc4ccccc4)c(-c4ccccc4)c3)cc21. The summed E-state index contributed by atoms with van der Waals surface area (Å²) >= 11 is 0. The highest BCUT2D eigenvalue weighted by Crippen LogP contribution is 2.54. The third-order valence-electron chi connectivity index (χ3n) is 9.84. The molecule has 230 valence electrons. The lowest BCUT2D eigenvalue weighted by Gasteiger charge is -2.42. The minimum atomic E-state index is -0.225. The molecule has 1 N–H and O–H groups in total. The highest BCUT2D eigenvalue weighted by Gasteiger charge is 2.38. The molecule has 0 amide bonds. The van der Waals surface area contributed by atoms with Gasteiger partial charge in [0, 0.05) is 33.1 Å². The predicted octanol–water partition coefficient (Wildman–Crippen LogP) is 12.8. The Morgan fingerprint density at radius 2 is 1.15 bits per heavy atom. The van der Waals surface area contributed by atoms with Crippen molar-refractivity contribution in [1.29, 1.82) is 0 Å². The Kier molecular flexibility index (Phi) is 6.48. The summed E-state index contributed by atoms with van der Waals surface area (Å²) in [5.74, 6) is 0. The maximum Gasteiger partial charge on any atom is 0.159 e. The van der Waals surface area contributed by atoms with Crippen LogP contribution in [0.4, 0.5) is 28.4 Å². The van der Waals surface area contributed by atoms with Gasteiger partial charge in [0.1, 0.15) is 5.58 Å². The number of furan rings is 1. The van der Waals surface area contributed by atoms with Crippen molar-refractivity contribution in [2.24, 2.45) is 0 Å². The number of nitrogens with one attached hydrogen (secondary N) is 1. The molecule has 0 saturated carbocycles. The second-order valence-corrected chi connectivity index (χ2v) is 13.1. The summed E-state index contributed by atoms with van der Waals surface area (Å²) in [6.07, 6.45) is 0. The molecule has 7 aromatic carbocycles. The van der Waals surface area contributed by atoms with E-state index in [0.717, 1.165) is 44.6 Å². The maximum absolute atomic E-state index is 6.57. The van der Waals surface area contributed by atoms with E-state index in [1.54, 1.807) is 0 Å². The Bertz CT molecular complexity index is 2460. The number of fused-ring (bicyclic) bond motifs is 5. The molecule has 8 aromatic rings. The topological polar surface area (TPSA) is 28.4 Å². The average molecular weight is 619 g/mol. The zero-order valence-corrected chi connectivity index (χ0v) is 26.9. The maximum atomic E-state index is 6.57. The van der Waals surface area contributed by atoms with Gasteiger partial charge in [-0.2, -0.15) is 0 Å². The molecule has 9 rings (SSSR count). The number of hydrogen-bond donors (Lipinski definition) is 1. The van der Waals surface area contributed by atoms with E-state index in [1.807, 2.05) is 12.1 Å². The van der Waals surface area contributed by atoms with Crippen LogP contribution in [0.2, 0.25) is 0 Å². The second-order valence-electron chi connectivity index (χ2n) is 13.1. The van der Waals surface area contributed by atoms with Crippen LogP contribution in [0.5, 0.6) is 0 Å². The molecule has 1 aliphatic heterocycles. The molecule has 0 spiro atoms. The van der Waals surface area contributed by atoms with Gasteiger partial charge >= 0.3 is 0 Å². The van der Waals surface area contributed by atoms with E-state index >= 15 is 0 Å². The van der Waals surface area contributed by atoms with Gasteiger partial charge in [0.05, 0.1) is 17.1 Å². The fourth-order valence-electron chi connectivity index (χ4n) is 7.42. The lowest BCUT2D eigenvalue weighted by molar-refractivity contribution is 0.630. The minimum Gasteiger partial charge on any atom is -0.454 e. The molecule has 0 radical (unpaired) electrons. The highest BCUT2D eigenvalue weighted by atomic mass is 16.3. The van der Waals surface area contributed by atoms with Crippen LogP contribution in [0.15, 0.2) is 168 Å². The lowest BCUT2D eigenvalue weighted by atomic mass is 9.73. The summed E-state index contributed by atoms with van der Waals surface area (Å²) in [6, 6.07) is 58.3. The molecule has 0 saturated heterocycles. The van der Waals surface area contributed by atoms with Crippen LogP contribution in [0.25, 0.3) is 44.2 Å². The van der Waals surface area contributed by atoms with Gasteiger partial charge in [0.2, 0.25) is 0 Å². The van der Waals surface area contributed by atoms with Crippen molar-refractivity contribution in [3.05, 3.63) is 175 Å². The fourth-order valence-corrected chi connectivity index (χ4v) is 7.42. The monoisotopic (exact) mass is 618 g/mol. The van der Waals surface area contributed by atoms with Gasteiger partial charge < -0.3 is 14.6 Å². The molecule has 0 unspecified atom stereocenters. The molecule has 0 atom stereocenters. The van der Waals surface area contributed by atoms with Gasteiger partial charge in [0.25, 0.3) is 0 Å². The third kappa shape index (κ3) is 4.51. The van der Waals surface area contributed by atoms with Crippen LogP contribution in [0, 0.1) is 0 Å². The zero-order valence-electron chi connectivity index (χ0n) is 26.9.